The summed E-state index contributed by atoms with van der Waals surface area (Å²) in [5.41, 5.74) is -0.0230. The van der Waals surface area contributed by atoms with E-state index in [2.05, 4.69) is 10.3 Å². The maximum Gasteiger partial charge on any atom is 0.416 e. The van der Waals surface area contributed by atoms with E-state index < -0.39 is 17.3 Å². The van der Waals surface area contributed by atoms with Gasteiger partial charge in [-0.2, -0.15) is 13.2 Å². The molecule has 0 aliphatic heterocycles. The summed E-state index contributed by atoms with van der Waals surface area (Å²) < 4.78 is 39.1. The Kier molecular flexibility index (Phi) is 5.58. The van der Waals surface area contributed by atoms with Crippen LogP contribution in [0.3, 0.4) is 0 Å². The molecule has 0 unspecified atom stereocenters. The van der Waals surface area contributed by atoms with Crippen LogP contribution in [-0.4, -0.2) is 20.8 Å². The van der Waals surface area contributed by atoms with Crippen molar-refractivity contribution in [2.75, 3.05) is 0 Å². The molecule has 8 heteroatoms. The van der Waals surface area contributed by atoms with Crippen LogP contribution in [0, 0.1) is 0 Å². The lowest BCUT2D eigenvalue weighted by Crippen LogP contribution is -2.28. The number of aromatic nitrogens is 3. The molecular formula is C20H18F3N3O2. The normalized spacial score (nSPS) is 12.9. The van der Waals surface area contributed by atoms with Gasteiger partial charge < -0.3 is 0 Å². The molecule has 28 heavy (non-hydrogen) atoms. The zero-order valence-corrected chi connectivity index (χ0v) is 15.1. The Bertz CT molecular complexity index is 1040. The van der Waals surface area contributed by atoms with Crippen LogP contribution in [-0.2, 0) is 17.5 Å². The van der Waals surface area contributed by atoms with Crippen molar-refractivity contribution in [1.29, 1.82) is 0 Å². The van der Waals surface area contributed by atoms with E-state index >= 15 is 0 Å². The molecule has 0 saturated heterocycles. The second-order valence-electron chi connectivity index (χ2n) is 6.54. The average molecular weight is 389 g/mol. The quantitative estimate of drug-likeness (QED) is 0.640. The minimum Gasteiger partial charge on any atom is -0.298 e. The van der Waals surface area contributed by atoms with E-state index in [0.29, 0.717) is 22.9 Å². The van der Waals surface area contributed by atoms with Crippen molar-refractivity contribution in [2.45, 2.75) is 38.4 Å². The number of hydrogen-bond donors (Lipinski definition) is 0. The molecule has 1 aromatic heterocycles. The van der Waals surface area contributed by atoms with Crippen molar-refractivity contribution in [3.8, 4) is 0 Å². The predicted octanol–water partition coefficient (Wildman–Crippen LogP) is 3.96. The number of rotatable bonds is 6. The monoisotopic (exact) mass is 389 g/mol. The number of nitrogens with zero attached hydrogens (tertiary/aromatic N) is 3. The van der Waals surface area contributed by atoms with Gasteiger partial charge in [-0.15, -0.1) is 5.10 Å². The van der Waals surface area contributed by atoms with Crippen molar-refractivity contribution < 1.29 is 18.0 Å². The highest BCUT2D eigenvalue weighted by atomic mass is 19.4. The molecule has 0 radical (unpaired) electrons. The minimum absolute atomic E-state index is 0.100. The molecule has 0 saturated carbocycles. The fourth-order valence-electron chi connectivity index (χ4n) is 3.08. The van der Waals surface area contributed by atoms with Crippen LogP contribution in [0.1, 0.15) is 36.8 Å². The zero-order valence-electron chi connectivity index (χ0n) is 15.1. The standard InChI is InChI=1S/C20H18F3N3O2/c1-2-13(14-7-9-15(10-8-14)20(21,22)23)11-16(27)12-26-19(28)17-5-3-4-6-18(17)24-25-26/h3-10,13H,2,11-12H2,1H3/t13-/m1/s1. The number of fused-ring (bicyclic) bond motifs is 1. The molecule has 1 heterocycles. The third-order valence-electron chi connectivity index (χ3n) is 4.63. The van der Waals surface area contributed by atoms with Crippen LogP contribution < -0.4 is 5.56 Å². The van der Waals surface area contributed by atoms with Crippen LogP contribution in [0.25, 0.3) is 10.9 Å². The number of carbonyl (C=O) groups excluding carboxylic acids is 1. The summed E-state index contributed by atoms with van der Waals surface area (Å²) in [7, 11) is 0. The van der Waals surface area contributed by atoms with Crippen LogP contribution >= 0.6 is 0 Å². The minimum atomic E-state index is -4.40. The Morgan fingerprint density at radius 1 is 1.11 bits per heavy atom. The summed E-state index contributed by atoms with van der Waals surface area (Å²) in [4.78, 5) is 24.9. The van der Waals surface area contributed by atoms with Gasteiger partial charge in [0, 0.05) is 6.42 Å². The lowest BCUT2D eigenvalue weighted by molar-refractivity contribution is -0.137. The fourth-order valence-corrected chi connectivity index (χ4v) is 3.08. The molecule has 0 fully saturated rings. The summed E-state index contributed by atoms with van der Waals surface area (Å²) in [6.45, 7) is 1.63. The first kappa shape index (κ1) is 19.7. The number of benzene rings is 2. The van der Waals surface area contributed by atoms with Crippen molar-refractivity contribution in [3.63, 3.8) is 0 Å². The molecule has 146 valence electrons. The number of carbonyl (C=O) groups is 1. The SMILES string of the molecule is CC[C@H](CC(=O)Cn1nnc2ccccc2c1=O)c1ccc(C(F)(F)F)cc1. The molecular weight excluding hydrogens is 371 g/mol. The Labute approximate surface area is 158 Å². The first-order valence-corrected chi connectivity index (χ1v) is 8.81. The third-order valence-corrected chi connectivity index (χ3v) is 4.63. The number of halogens is 3. The van der Waals surface area contributed by atoms with Gasteiger partial charge in [-0.05, 0) is 42.2 Å². The van der Waals surface area contributed by atoms with Crippen LogP contribution in [0.5, 0.6) is 0 Å². The lowest BCUT2D eigenvalue weighted by atomic mass is 9.91. The molecule has 0 bridgehead atoms. The molecule has 1 atom stereocenters. The van der Waals surface area contributed by atoms with Gasteiger partial charge in [0.2, 0.25) is 0 Å². The van der Waals surface area contributed by atoms with Gasteiger partial charge in [-0.1, -0.05) is 36.4 Å². The number of Topliss-reactive ketones (excluding diaryl/α,β-unsaturated/α-hetero) is 1. The summed E-state index contributed by atoms with van der Waals surface area (Å²) in [6.07, 6.45) is -3.72. The second kappa shape index (κ2) is 7.92. The van der Waals surface area contributed by atoms with E-state index in [1.54, 1.807) is 24.3 Å². The molecule has 5 nitrogen and oxygen atoms in total. The summed E-state index contributed by atoms with van der Waals surface area (Å²) >= 11 is 0. The molecule has 3 aromatic rings. The van der Waals surface area contributed by atoms with Crippen LogP contribution in [0.4, 0.5) is 13.2 Å². The van der Waals surface area contributed by atoms with Crippen LogP contribution in [0.2, 0.25) is 0 Å². The Balaban J connectivity index is 1.74. The van der Waals surface area contributed by atoms with Gasteiger partial charge in [0.05, 0.1) is 10.9 Å². The smallest absolute Gasteiger partial charge is 0.298 e. The molecule has 3 rings (SSSR count). The zero-order chi connectivity index (χ0) is 20.3. The Morgan fingerprint density at radius 3 is 2.43 bits per heavy atom. The second-order valence-corrected chi connectivity index (χ2v) is 6.54. The lowest BCUT2D eigenvalue weighted by Gasteiger charge is -2.16. The maximum atomic E-state index is 12.7. The third kappa shape index (κ3) is 4.27. The van der Waals surface area contributed by atoms with Crippen molar-refractivity contribution in [2.24, 2.45) is 0 Å². The average Bonchev–Trinajstić information content (AvgIpc) is 2.68. The first-order valence-electron chi connectivity index (χ1n) is 8.81. The van der Waals surface area contributed by atoms with Gasteiger partial charge in [-0.3, -0.25) is 9.59 Å². The van der Waals surface area contributed by atoms with E-state index in [-0.39, 0.29) is 24.7 Å². The summed E-state index contributed by atoms with van der Waals surface area (Å²) in [6, 6.07) is 11.5. The molecule has 0 aliphatic carbocycles. The molecule has 0 N–H and O–H groups in total. The van der Waals surface area contributed by atoms with Crippen molar-refractivity contribution in [3.05, 3.63) is 70.0 Å². The Hall–Kier alpha value is -3.03. The van der Waals surface area contributed by atoms with Gasteiger partial charge in [0.1, 0.15) is 12.1 Å². The van der Waals surface area contributed by atoms with E-state index in [4.69, 9.17) is 0 Å². The predicted molar refractivity (Wildman–Crippen MR) is 97.9 cm³/mol. The molecule has 0 aliphatic rings. The van der Waals surface area contributed by atoms with E-state index in [0.717, 1.165) is 16.8 Å². The maximum absolute atomic E-state index is 12.7. The molecule has 2 aromatic carbocycles. The molecule has 0 spiro atoms. The van der Waals surface area contributed by atoms with Crippen molar-refractivity contribution in [1.82, 2.24) is 15.0 Å². The summed E-state index contributed by atoms with van der Waals surface area (Å²) in [5.74, 6) is -0.475. The number of hydrogen-bond acceptors (Lipinski definition) is 4. The topological polar surface area (TPSA) is 64.8 Å². The number of alkyl halides is 3. The number of ketones is 1. The Morgan fingerprint density at radius 2 is 1.79 bits per heavy atom. The highest BCUT2D eigenvalue weighted by Crippen LogP contribution is 2.31. The summed E-state index contributed by atoms with van der Waals surface area (Å²) in [5, 5.41) is 8.11. The molecule has 0 amide bonds. The van der Waals surface area contributed by atoms with Crippen molar-refractivity contribution >= 4 is 16.7 Å². The van der Waals surface area contributed by atoms with E-state index in [1.807, 2.05) is 6.92 Å². The van der Waals surface area contributed by atoms with Gasteiger partial charge in [0.15, 0.2) is 5.78 Å². The van der Waals surface area contributed by atoms with Gasteiger partial charge in [0.25, 0.3) is 5.56 Å². The van der Waals surface area contributed by atoms with Gasteiger partial charge in [-0.25, -0.2) is 4.68 Å². The largest absolute Gasteiger partial charge is 0.416 e. The highest BCUT2D eigenvalue weighted by Gasteiger charge is 2.30. The van der Waals surface area contributed by atoms with Gasteiger partial charge >= 0.3 is 6.18 Å². The highest BCUT2D eigenvalue weighted by molar-refractivity contribution is 5.80. The van der Waals surface area contributed by atoms with E-state index in [9.17, 15) is 22.8 Å². The fraction of sp³-hybridized carbons (Fsp3) is 0.300. The van der Waals surface area contributed by atoms with E-state index in [1.165, 1.54) is 12.1 Å². The van der Waals surface area contributed by atoms with Crippen LogP contribution in [0.15, 0.2) is 53.3 Å². The first-order chi connectivity index (χ1) is 13.3.